The van der Waals surface area contributed by atoms with Gasteiger partial charge in [-0.05, 0) is 25.6 Å². The Morgan fingerprint density at radius 3 is 2.15 bits per heavy atom. The first-order valence-electron chi connectivity index (χ1n) is 7.01. The first kappa shape index (κ1) is 19.3. The molecule has 0 amide bonds. The molecule has 0 aliphatic rings. The third-order valence-electron chi connectivity index (χ3n) is 2.82. The van der Waals surface area contributed by atoms with Gasteiger partial charge in [-0.15, -0.1) is 0 Å². The second kappa shape index (κ2) is 12.1. The largest absolute Gasteiger partial charge is 0.462 e. The summed E-state index contributed by atoms with van der Waals surface area (Å²) >= 11 is 0. The van der Waals surface area contributed by atoms with Gasteiger partial charge in [0.1, 0.15) is 0 Å². The molecule has 0 bridgehead atoms. The predicted molar refractivity (Wildman–Crippen MR) is 81.3 cm³/mol. The van der Waals surface area contributed by atoms with Gasteiger partial charge in [0.25, 0.3) is 0 Å². The van der Waals surface area contributed by atoms with E-state index in [-0.39, 0.29) is 5.97 Å². The van der Waals surface area contributed by atoms with E-state index in [9.17, 15) is 4.79 Å². The molecule has 0 aliphatic carbocycles. The molecule has 0 spiro atoms. The molecule has 0 saturated carbocycles. The summed E-state index contributed by atoms with van der Waals surface area (Å²) in [6.07, 6.45) is 2.74. The van der Waals surface area contributed by atoms with Crippen molar-refractivity contribution in [2.24, 2.45) is 0 Å². The van der Waals surface area contributed by atoms with Crippen LogP contribution in [0.4, 0.5) is 0 Å². The summed E-state index contributed by atoms with van der Waals surface area (Å²) < 4.78 is 21.2. The van der Waals surface area contributed by atoms with E-state index in [0.717, 1.165) is 25.1 Å². The average molecular weight is 304 g/mol. The second-order valence-corrected chi connectivity index (χ2v) is 9.44. The Balaban J connectivity index is 3.17. The lowest BCUT2D eigenvalue weighted by Gasteiger charge is -2.19. The van der Waals surface area contributed by atoms with Crippen molar-refractivity contribution >= 4 is 14.3 Å². The van der Waals surface area contributed by atoms with E-state index in [2.05, 4.69) is 19.7 Å². The smallest absolute Gasteiger partial charge is 0.330 e. The number of carbonyl (C=O) groups excluding carboxylic acids is 1. The summed E-state index contributed by atoms with van der Waals surface area (Å²) in [5.41, 5.74) is 0. The molecule has 0 heterocycles. The van der Waals surface area contributed by atoms with E-state index in [1.165, 1.54) is 0 Å². The SMILES string of the molecule is C=CC(=O)OCCCOCCCOCC[Si](C)(C)OC. The first-order valence-corrected chi connectivity index (χ1v) is 10.1. The number of rotatable bonds is 13. The fourth-order valence-corrected chi connectivity index (χ4v) is 2.12. The Bertz CT molecular complexity index is 268. The van der Waals surface area contributed by atoms with Crippen LogP contribution in [0.5, 0.6) is 0 Å². The number of ether oxygens (including phenoxy) is 3. The lowest BCUT2D eigenvalue weighted by molar-refractivity contribution is -0.138. The maximum Gasteiger partial charge on any atom is 0.330 e. The molecule has 118 valence electrons. The minimum Gasteiger partial charge on any atom is -0.462 e. The molecule has 5 nitrogen and oxygen atoms in total. The van der Waals surface area contributed by atoms with Crippen molar-refractivity contribution in [2.45, 2.75) is 32.0 Å². The topological polar surface area (TPSA) is 54.0 Å². The molecular weight excluding hydrogens is 276 g/mol. The molecule has 0 atom stereocenters. The Morgan fingerprint density at radius 1 is 1.05 bits per heavy atom. The highest BCUT2D eigenvalue weighted by molar-refractivity contribution is 6.71. The van der Waals surface area contributed by atoms with Crippen LogP contribution in [-0.2, 0) is 23.4 Å². The van der Waals surface area contributed by atoms with Gasteiger partial charge in [0, 0.05) is 46.0 Å². The van der Waals surface area contributed by atoms with Crippen LogP contribution in [-0.4, -0.2) is 54.4 Å². The molecule has 0 aromatic carbocycles. The Kier molecular flexibility index (Phi) is 11.7. The third-order valence-corrected chi connectivity index (χ3v) is 5.34. The molecule has 0 aromatic heterocycles. The number of hydrogen-bond donors (Lipinski definition) is 0. The average Bonchev–Trinajstić information content (AvgIpc) is 2.44. The zero-order valence-electron chi connectivity index (χ0n) is 13.0. The van der Waals surface area contributed by atoms with Gasteiger partial charge in [-0.1, -0.05) is 6.58 Å². The Morgan fingerprint density at radius 2 is 1.60 bits per heavy atom. The summed E-state index contributed by atoms with van der Waals surface area (Å²) in [5, 5.41) is 0. The van der Waals surface area contributed by atoms with Crippen molar-refractivity contribution in [3.63, 3.8) is 0 Å². The fourth-order valence-electron chi connectivity index (χ4n) is 1.28. The molecule has 0 N–H and O–H groups in total. The van der Waals surface area contributed by atoms with Crippen molar-refractivity contribution in [2.75, 3.05) is 40.1 Å². The standard InChI is InChI=1S/C14H28O5Si/c1-5-14(15)19-11-7-10-17-8-6-9-18-12-13-20(3,4)16-2/h5H,1,6-13H2,2-4H3. The third kappa shape index (κ3) is 12.3. The summed E-state index contributed by atoms with van der Waals surface area (Å²) in [7, 11) is 0.285. The maximum atomic E-state index is 10.7. The normalized spacial score (nSPS) is 11.3. The highest BCUT2D eigenvalue weighted by atomic mass is 28.4. The fraction of sp³-hybridized carbons (Fsp3) is 0.786. The molecule has 0 aromatic rings. The van der Waals surface area contributed by atoms with E-state index >= 15 is 0 Å². The van der Waals surface area contributed by atoms with Gasteiger partial charge in [-0.25, -0.2) is 4.79 Å². The van der Waals surface area contributed by atoms with Gasteiger partial charge in [0.05, 0.1) is 6.61 Å². The summed E-state index contributed by atoms with van der Waals surface area (Å²) in [6.45, 7) is 10.8. The molecule has 0 fully saturated rings. The van der Waals surface area contributed by atoms with Crippen LogP contribution >= 0.6 is 0 Å². The van der Waals surface area contributed by atoms with Gasteiger partial charge in [0.15, 0.2) is 8.32 Å². The van der Waals surface area contributed by atoms with Crippen LogP contribution in [0.15, 0.2) is 12.7 Å². The van der Waals surface area contributed by atoms with Crippen LogP contribution in [0.1, 0.15) is 12.8 Å². The van der Waals surface area contributed by atoms with Crippen LogP contribution < -0.4 is 0 Å². The quantitative estimate of drug-likeness (QED) is 0.226. The van der Waals surface area contributed by atoms with Gasteiger partial charge in [-0.2, -0.15) is 0 Å². The van der Waals surface area contributed by atoms with Gasteiger partial charge >= 0.3 is 5.97 Å². The van der Waals surface area contributed by atoms with Crippen LogP contribution in [0, 0.1) is 0 Å². The van der Waals surface area contributed by atoms with Crippen LogP contribution in [0.3, 0.4) is 0 Å². The van der Waals surface area contributed by atoms with E-state index < -0.39 is 8.32 Å². The molecule has 0 unspecified atom stereocenters. The Labute approximate surface area is 123 Å². The van der Waals surface area contributed by atoms with Crippen molar-refractivity contribution in [3.05, 3.63) is 12.7 Å². The molecule has 0 rings (SSSR count). The van der Waals surface area contributed by atoms with E-state index in [1.807, 2.05) is 0 Å². The van der Waals surface area contributed by atoms with Crippen LogP contribution in [0.25, 0.3) is 0 Å². The molecule has 20 heavy (non-hydrogen) atoms. The number of carbonyl (C=O) groups is 1. The summed E-state index contributed by atoms with van der Waals surface area (Å²) in [5.74, 6) is -0.388. The van der Waals surface area contributed by atoms with Crippen molar-refractivity contribution < 1.29 is 23.4 Å². The second-order valence-electron chi connectivity index (χ2n) is 5.02. The van der Waals surface area contributed by atoms with Gasteiger partial charge in [-0.3, -0.25) is 0 Å². The lowest BCUT2D eigenvalue weighted by Crippen LogP contribution is -2.30. The number of esters is 1. The van der Waals surface area contributed by atoms with Gasteiger partial charge < -0.3 is 18.6 Å². The molecular formula is C14H28O5Si. The molecule has 0 aliphatic heterocycles. The van der Waals surface area contributed by atoms with E-state index in [1.54, 1.807) is 7.11 Å². The van der Waals surface area contributed by atoms with Gasteiger partial charge in [0.2, 0.25) is 0 Å². The monoisotopic (exact) mass is 304 g/mol. The minimum atomic E-state index is -1.48. The summed E-state index contributed by atoms with van der Waals surface area (Å²) in [6, 6.07) is 1.01. The van der Waals surface area contributed by atoms with E-state index in [4.69, 9.17) is 18.6 Å². The summed E-state index contributed by atoms with van der Waals surface area (Å²) in [4.78, 5) is 10.7. The number of hydrogen-bond acceptors (Lipinski definition) is 5. The van der Waals surface area contributed by atoms with Crippen molar-refractivity contribution in [1.82, 2.24) is 0 Å². The molecule has 6 heteroatoms. The highest BCUT2D eigenvalue weighted by Gasteiger charge is 2.19. The molecule has 0 radical (unpaired) electrons. The highest BCUT2D eigenvalue weighted by Crippen LogP contribution is 2.09. The van der Waals surface area contributed by atoms with Crippen LogP contribution in [0.2, 0.25) is 19.1 Å². The lowest BCUT2D eigenvalue weighted by atomic mass is 10.4. The minimum absolute atomic E-state index is 0.373. The first-order chi connectivity index (χ1) is 9.52. The Hall–Kier alpha value is -0.693. The molecule has 0 saturated heterocycles. The van der Waals surface area contributed by atoms with Crippen molar-refractivity contribution in [3.8, 4) is 0 Å². The zero-order chi connectivity index (χ0) is 15.3. The zero-order valence-corrected chi connectivity index (χ0v) is 14.0. The maximum absolute atomic E-state index is 10.7. The van der Waals surface area contributed by atoms with E-state index in [0.29, 0.717) is 32.8 Å². The van der Waals surface area contributed by atoms with Crippen molar-refractivity contribution in [1.29, 1.82) is 0 Å². The predicted octanol–water partition coefficient (Wildman–Crippen LogP) is 2.38.